The van der Waals surface area contributed by atoms with E-state index in [0.29, 0.717) is 0 Å². The molecule has 0 spiro atoms. The van der Waals surface area contributed by atoms with Crippen LogP contribution in [-0.4, -0.2) is 6.54 Å². The van der Waals surface area contributed by atoms with Crippen molar-refractivity contribution < 1.29 is 0 Å². The van der Waals surface area contributed by atoms with Gasteiger partial charge in [-0.1, -0.05) is 97.3 Å². The molecule has 0 heterocycles. The fourth-order valence-corrected chi connectivity index (χ4v) is 2.76. The Kier molecular flexibility index (Phi) is 16.0. The second-order valence-electron chi connectivity index (χ2n) is 6.36. The molecule has 0 aliphatic heterocycles. The third-order valence-corrected chi connectivity index (χ3v) is 4.20. The molecule has 116 valence electrons. The Morgan fingerprint density at radius 3 is 1.53 bits per heavy atom. The topological polar surface area (TPSA) is 26.0 Å². The molecule has 0 rings (SSSR count). The van der Waals surface area contributed by atoms with Crippen molar-refractivity contribution in [2.24, 2.45) is 11.7 Å². The van der Waals surface area contributed by atoms with Crippen LogP contribution in [0.4, 0.5) is 0 Å². The zero-order chi connectivity index (χ0) is 14.2. The fraction of sp³-hybridized carbons (Fsp3) is 1.00. The summed E-state index contributed by atoms with van der Waals surface area (Å²) < 4.78 is 0. The minimum atomic E-state index is 0.868. The lowest BCUT2D eigenvalue weighted by atomic mass is 9.96. The van der Waals surface area contributed by atoms with Gasteiger partial charge in [-0.15, -0.1) is 0 Å². The minimum Gasteiger partial charge on any atom is -0.330 e. The van der Waals surface area contributed by atoms with E-state index in [-0.39, 0.29) is 0 Å². The minimum absolute atomic E-state index is 0.868. The maximum Gasteiger partial charge on any atom is -0.00773 e. The Balaban J connectivity index is 3.07. The molecular formula is C18H39N. The quantitative estimate of drug-likeness (QED) is 0.359. The summed E-state index contributed by atoms with van der Waals surface area (Å²) in [5.41, 5.74) is 5.51. The molecule has 0 aliphatic carbocycles. The van der Waals surface area contributed by atoms with Crippen LogP contribution in [0.15, 0.2) is 0 Å². The van der Waals surface area contributed by atoms with Crippen LogP contribution in [0.3, 0.4) is 0 Å². The Labute approximate surface area is 122 Å². The number of hydrogen-bond acceptors (Lipinski definition) is 1. The molecule has 0 aromatic carbocycles. The van der Waals surface area contributed by atoms with Crippen molar-refractivity contribution in [1.82, 2.24) is 0 Å². The molecule has 0 saturated carbocycles. The highest BCUT2D eigenvalue weighted by molar-refractivity contribution is 4.55. The molecule has 1 nitrogen and oxygen atoms in total. The van der Waals surface area contributed by atoms with Gasteiger partial charge < -0.3 is 5.73 Å². The van der Waals surface area contributed by atoms with E-state index in [0.717, 1.165) is 12.5 Å². The zero-order valence-electron chi connectivity index (χ0n) is 13.8. The van der Waals surface area contributed by atoms with Gasteiger partial charge in [0.2, 0.25) is 0 Å². The van der Waals surface area contributed by atoms with Crippen LogP contribution in [-0.2, 0) is 0 Å². The first kappa shape index (κ1) is 19.0. The van der Waals surface area contributed by atoms with E-state index >= 15 is 0 Å². The smallest absolute Gasteiger partial charge is 0.00773 e. The van der Waals surface area contributed by atoms with Gasteiger partial charge >= 0.3 is 0 Å². The molecule has 0 fully saturated rings. The van der Waals surface area contributed by atoms with E-state index in [1.165, 1.54) is 89.9 Å². The number of unbranched alkanes of at least 4 members (excludes halogenated alkanes) is 10. The van der Waals surface area contributed by atoms with Crippen LogP contribution in [0.1, 0.15) is 104 Å². The molecule has 0 bridgehead atoms. The summed E-state index contributed by atoms with van der Waals surface area (Å²) >= 11 is 0. The summed E-state index contributed by atoms with van der Waals surface area (Å²) in [4.78, 5) is 0. The van der Waals surface area contributed by atoms with E-state index in [1.807, 2.05) is 0 Å². The first-order valence-electron chi connectivity index (χ1n) is 9.01. The molecule has 0 aromatic heterocycles. The maximum absolute atomic E-state index is 5.51. The van der Waals surface area contributed by atoms with Crippen LogP contribution in [0.25, 0.3) is 0 Å². The van der Waals surface area contributed by atoms with Gasteiger partial charge in [-0.2, -0.15) is 0 Å². The number of rotatable bonds is 15. The summed E-state index contributed by atoms with van der Waals surface area (Å²) in [7, 11) is 0. The van der Waals surface area contributed by atoms with Crippen molar-refractivity contribution in [3.8, 4) is 0 Å². The largest absolute Gasteiger partial charge is 0.330 e. The van der Waals surface area contributed by atoms with Crippen molar-refractivity contribution in [2.45, 2.75) is 104 Å². The van der Waals surface area contributed by atoms with Crippen molar-refractivity contribution in [2.75, 3.05) is 6.54 Å². The predicted octanol–water partition coefficient (Wildman–Crippen LogP) is 6.06. The first-order chi connectivity index (χ1) is 9.31. The van der Waals surface area contributed by atoms with E-state index in [9.17, 15) is 0 Å². The molecule has 1 atom stereocenters. The van der Waals surface area contributed by atoms with Crippen molar-refractivity contribution in [3.05, 3.63) is 0 Å². The second-order valence-corrected chi connectivity index (χ2v) is 6.36. The third-order valence-electron chi connectivity index (χ3n) is 4.20. The van der Waals surface area contributed by atoms with Crippen LogP contribution in [0.2, 0.25) is 0 Å². The first-order valence-corrected chi connectivity index (χ1v) is 9.01. The van der Waals surface area contributed by atoms with Gasteiger partial charge in [0.1, 0.15) is 0 Å². The van der Waals surface area contributed by atoms with Gasteiger partial charge in [-0.05, 0) is 18.9 Å². The lowest BCUT2D eigenvalue weighted by Crippen LogP contribution is -1.99. The van der Waals surface area contributed by atoms with Gasteiger partial charge in [-0.25, -0.2) is 0 Å². The standard InChI is InChI=1S/C18H39N/c1-3-4-5-6-7-8-9-10-12-15-18(2)16-13-11-14-17-19/h18H,3-17,19H2,1-2H3. The monoisotopic (exact) mass is 269 g/mol. The lowest BCUT2D eigenvalue weighted by molar-refractivity contribution is 0.434. The van der Waals surface area contributed by atoms with Crippen molar-refractivity contribution in [1.29, 1.82) is 0 Å². The highest BCUT2D eigenvalue weighted by Gasteiger charge is 2.01. The number of nitrogens with two attached hydrogens (primary N) is 1. The summed E-state index contributed by atoms with van der Waals surface area (Å²) in [6.45, 7) is 5.58. The molecular weight excluding hydrogens is 230 g/mol. The second kappa shape index (κ2) is 16.0. The Morgan fingerprint density at radius 1 is 0.632 bits per heavy atom. The summed E-state index contributed by atoms with van der Waals surface area (Å²) in [5, 5.41) is 0. The van der Waals surface area contributed by atoms with Crippen molar-refractivity contribution in [3.63, 3.8) is 0 Å². The van der Waals surface area contributed by atoms with Gasteiger partial charge in [0, 0.05) is 0 Å². The van der Waals surface area contributed by atoms with Gasteiger partial charge in [0.15, 0.2) is 0 Å². The van der Waals surface area contributed by atoms with Crippen LogP contribution >= 0.6 is 0 Å². The van der Waals surface area contributed by atoms with Crippen LogP contribution in [0.5, 0.6) is 0 Å². The average Bonchev–Trinajstić information content (AvgIpc) is 2.42. The summed E-state index contributed by atoms with van der Waals surface area (Å²) in [5.74, 6) is 0.933. The molecule has 1 unspecified atom stereocenters. The molecule has 0 radical (unpaired) electrons. The van der Waals surface area contributed by atoms with E-state index < -0.39 is 0 Å². The normalized spacial score (nSPS) is 12.8. The highest BCUT2D eigenvalue weighted by Crippen LogP contribution is 2.17. The Hall–Kier alpha value is -0.0400. The van der Waals surface area contributed by atoms with Crippen LogP contribution < -0.4 is 5.73 Å². The van der Waals surface area contributed by atoms with Gasteiger partial charge in [0.05, 0.1) is 0 Å². The summed E-state index contributed by atoms with van der Waals surface area (Å²) in [6, 6.07) is 0. The number of hydrogen-bond donors (Lipinski definition) is 1. The van der Waals surface area contributed by atoms with Crippen molar-refractivity contribution >= 4 is 0 Å². The molecule has 19 heavy (non-hydrogen) atoms. The lowest BCUT2D eigenvalue weighted by Gasteiger charge is -2.10. The molecule has 0 aliphatic rings. The molecule has 0 amide bonds. The Bertz CT molecular complexity index is 156. The van der Waals surface area contributed by atoms with E-state index in [4.69, 9.17) is 5.73 Å². The SMILES string of the molecule is CCCCCCCCCCCC(C)CCCCCN. The van der Waals surface area contributed by atoms with Gasteiger partial charge in [-0.3, -0.25) is 0 Å². The van der Waals surface area contributed by atoms with E-state index in [2.05, 4.69) is 13.8 Å². The van der Waals surface area contributed by atoms with E-state index in [1.54, 1.807) is 0 Å². The predicted molar refractivity (Wildman–Crippen MR) is 88.5 cm³/mol. The fourth-order valence-electron chi connectivity index (χ4n) is 2.76. The molecule has 0 saturated heterocycles. The van der Waals surface area contributed by atoms with Gasteiger partial charge in [0.25, 0.3) is 0 Å². The average molecular weight is 270 g/mol. The third kappa shape index (κ3) is 15.9. The molecule has 0 aromatic rings. The molecule has 1 heteroatoms. The Morgan fingerprint density at radius 2 is 1.05 bits per heavy atom. The highest BCUT2D eigenvalue weighted by atomic mass is 14.5. The van der Waals surface area contributed by atoms with Crippen LogP contribution in [0, 0.1) is 5.92 Å². The summed E-state index contributed by atoms with van der Waals surface area (Å²) in [6.07, 6.45) is 19.8. The zero-order valence-corrected chi connectivity index (χ0v) is 13.8. The maximum atomic E-state index is 5.51. The molecule has 2 N–H and O–H groups in total.